The SMILES string of the molecule is N=C(N)c1ccc(CNC(=O)CN2CCCC[C@H](NS(=O)(=O)c3ccc4ccccc4c3)C2=O)cc1. The minimum Gasteiger partial charge on any atom is -0.384 e. The number of rotatable bonds is 8. The predicted octanol–water partition coefficient (Wildman–Crippen LogP) is 2.10. The summed E-state index contributed by atoms with van der Waals surface area (Å²) in [4.78, 5) is 27.2. The van der Waals surface area contributed by atoms with Crippen LogP contribution in [-0.2, 0) is 26.2 Å². The smallest absolute Gasteiger partial charge is 0.241 e. The summed E-state index contributed by atoms with van der Waals surface area (Å²) in [6.45, 7) is 0.489. The van der Waals surface area contributed by atoms with Crippen LogP contribution in [0.15, 0.2) is 71.6 Å². The number of nitrogen functional groups attached to an aromatic ring is 1. The van der Waals surface area contributed by atoms with Gasteiger partial charge in [0.2, 0.25) is 21.8 Å². The summed E-state index contributed by atoms with van der Waals surface area (Å²) in [5.74, 6) is -0.772. The van der Waals surface area contributed by atoms with Crippen LogP contribution in [0.3, 0.4) is 0 Å². The molecule has 1 atom stereocenters. The average Bonchev–Trinajstić information content (AvgIpc) is 3.03. The molecule has 10 heteroatoms. The van der Waals surface area contributed by atoms with E-state index in [1.807, 2.05) is 24.3 Å². The molecule has 188 valence electrons. The Bertz CT molecular complexity index is 1390. The minimum absolute atomic E-state index is 0.0314. The fourth-order valence-electron chi connectivity index (χ4n) is 4.19. The lowest BCUT2D eigenvalue weighted by Gasteiger charge is -2.24. The number of carbonyl (C=O) groups excluding carboxylic acids is 2. The number of sulfonamides is 1. The number of benzene rings is 3. The highest BCUT2D eigenvalue weighted by Crippen LogP contribution is 2.21. The molecular formula is C26H29N5O4S. The van der Waals surface area contributed by atoms with E-state index in [-0.39, 0.29) is 29.7 Å². The Morgan fingerprint density at radius 1 is 1.03 bits per heavy atom. The van der Waals surface area contributed by atoms with Crippen molar-refractivity contribution in [3.63, 3.8) is 0 Å². The van der Waals surface area contributed by atoms with Gasteiger partial charge in [0.25, 0.3) is 0 Å². The van der Waals surface area contributed by atoms with Crippen LogP contribution in [0.4, 0.5) is 0 Å². The summed E-state index contributed by atoms with van der Waals surface area (Å²) in [6.07, 6.45) is 1.71. The Kier molecular flexibility index (Phi) is 7.66. The molecule has 36 heavy (non-hydrogen) atoms. The number of nitrogens with one attached hydrogen (secondary N) is 3. The predicted molar refractivity (Wildman–Crippen MR) is 138 cm³/mol. The van der Waals surface area contributed by atoms with E-state index in [4.69, 9.17) is 11.1 Å². The molecule has 1 saturated heterocycles. The van der Waals surface area contributed by atoms with Gasteiger partial charge in [-0.1, -0.05) is 54.6 Å². The third-order valence-corrected chi connectivity index (χ3v) is 7.67. The first-order valence-electron chi connectivity index (χ1n) is 11.7. The molecule has 0 spiro atoms. The van der Waals surface area contributed by atoms with Crippen LogP contribution < -0.4 is 15.8 Å². The number of amidine groups is 1. The summed E-state index contributed by atoms with van der Waals surface area (Å²) < 4.78 is 28.7. The van der Waals surface area contributed by atoms with Crippen LogP contribution in [0.25, 0.3) is 10.8 Å². The van der Waals surface area contributed by atoms with Crippen molar-refractivity contribution in [2.75, 3.05) is 13.1 Å². The highest BCUT2D eigenvalue weighted by atomic mass is 32.2. The maximum Gasteiger partial charge on any atom is 0.241 e. The Labute approximate surface area is 210 Å². The maximum absolute atomic E-state index is 13.2. The number of carbonyl (C=O) groups is 2. The van der Waals surface area contributed by atoms with Crippen molar-refractivity contribution in [2.24, 2.45) is 5.73 Å². The third-order valence-electron chi connectivity index (χ3n) is 6.20. The van der Waals surface area contributed by atoms with Gasteiger partial charge >= 0.3 is 0 Å². The minimum atomic E-state index is -3.93. The lowest BCUT2D eigenvalue weighted by molar-refractivity contribution is -0.136. The zero-order valence-electron chi connectivity index (χ0n) is 19.7. The van der Waals surface area contributed by atoms with Crippen molar-refractivity contribution >= 4 is 38.4 Å². The second-order valence-electron chi connectivity index (χ2n) is 8.83. The lowest BCUT2D eigenvalue weighted by atomic mass is 10.1. The zero-order valence-corrected chi connectivity index (χ0v) is 20.6. The van der Waals surface area contributed by atoms with Crippen molar-refractivity contribution in [1.82, 2.24) is 14.9 Å². The summed E-state index contributed by atoms with van der Waals surface area (Å²) in [7, 11) is -3.93. The van der Waals surface area contributed by atoms with E-state index >= 15 is 0 Å². The molecule has 2 amide bonds. The third kappa shape index (κ3) is 6.07. The molecule has 1 heterocycles. The number of fused-ring (bicyclic) bond motifs is 1. The van der Waals surface area contributed by atoms with Crippen molar-refractivity contribution in [3.8, 4) is 0 Å². The maximum atomic E-state index is 13.2. The molecule has 1 fully saturated rings. The van der Waals surface area contributed by atoms with Crippen molar-refractivity contribution in [1.29, 1.82) is 5.41 Å². The molecule has 3 aromatic carbocycles. The van der Waals surface area contributed by atoms with E-state index in [0.717, 1.165) is 16.3 Å². The number of likely N-dealkylation sites (tertiary alicyclic amines) is 1. The molecule has 4 rings (SSSR count). The first-order chi connectivity index (χ1) is 17.2. The second-order valence-corrected chi connectivity index (χ2v) is 10.5. The number of hydrogen-bond donors (Lipinski definition) is 4. The van der Waals surface area contributed by atoms with Gasteiger partial charge in [-0.3, -0.25) is 15.0 Å². The van der Waals surface area contributed by atoms with Crippen LogP contribution in [0.5, 0.6) is 0 Å². The van der Waals surface area contributed by atoms with Crippen LogP contribution in [0.2, 0.25) is 0 Å². The molecule has 0 unspecified atom stereocenters. The van der Waals surface area contributed by atoms with Gasteiger partial charge in [0.1, 0.15) is 11.9 Å². The molecule has 3 aromatic rings. The highest BCUT2D eigenvalue weighted by Gasteiger charge is 2.32. The van der Waals surface area contributed by atoms with E-state index in [1.54, 1.807) is 36.4 Å². The number of nitrogens with two attached hydrogens (primary N) is 1. The fraction of sp³-hybridized carbons (Fsp3) is 0.269. The molecule has 5 N–H and O–H groups in total. The standard InChI is InChI=1S/C26H29N5O4S/c27-25(28)20-10-8-18(9-11-20)16-29-24(32)17-31-14-4-3-7-23(26(31)33)30-36(34,35)22-13-12-19-5-1-2-6-21(19)15-22/h1-2,5-6,8-13,15,23,30H,3-4,7,14,16-17H2,(H3,27,28)(H,29,32)/t23-/m0/s1. The van der Waals surface area contributed by atoms with Crippen molar-refractivity contribution < 1.29 is 18.0 Å². The summed E-state index contributed by atoms with van der Waals surface area (Å²) in [6, 6.07) is 18.3. The van der Waals surface area contributed by atoms with Crippen LogP contribution in [0, 0.1) is 5.41 Å². The Morgan fingerprint density at radius 3 is 2.47 bits per heavy atom. The van der Waals surface area contributed by atoms with E-state index in [0.29, 0.717) is 31.4 Å². The molecule has 0 aromatic heterocycles. The van der Waals surface area contributed by atoms with Gasteiger partial charge in [-0.05, 0) is 47.7 Å². The van der Waals surface area contributed by atoms with Gasteiger partial charge in [-0.2, -0.15) is 4.72 Å². The fourth-order valence-corrected chi connectivity index (χ4v) is 5.45. The van der Waals surface area contributed by atoms with Gasteiger partial charge < -0.3 is 16.0 Å². The van der Waals surface area contributed by atoms with Gasteiger partial charge in [-0.25, -0.2) is 8.42 Å². The van der Waals surface area contributed by atoms with Gasteiger partial charge in [0, 0.05) is 18.7 Å². The van der Waals surface area contributed by atoms with Crippen LogP contribution in [-0.4, -0.2) is 50.1 Å². The van der Waals surface area contributed by atoms with Crippen molar-refractivity contribution in [2.45, 2.75) is 36.7 Å². The van der Waals surface area contributed by atoms with Gasteiger partial charge in [0.15, 0.2) is 0 Å². The quantitative estimate of drug-likeness (QED) is 0.272. The van der Waals surface area contributed by atoms with E-state index < -0.39 is 22.0 Å². The monoisotopic (exact) mass is 507 g/mol. The van der Waals surface area contributed by atoms with Crippen LogP contribution in [0.1, 0.15) is 30.4 Å². The van der Waals surface area contributed by atoms with Gasteiger partial charge in [-0.15, -0.1) is 0 Å². The zero-order chi connectivity index (χ0) is 25.7. The summed E-state index contributed by atoms with van der Waals surface area (Å²) in [5, 5.41) is 11.9. The van der Waals surface area contributed by atoms with E-state index in [9.17, 15) is 18.0 Å². The van der Waals surface area contributed by atoms with Gasteiger partial charge in [0.05, 0.1) is 11.4 Å². The normalized spacial score (nSPS) is 16.5. The molecule has 1 aliphatic heterocycles. The Balaban J connectivity index is 1.39. The van der Waals surface area contributed by atoms with E-state index in [2.05, 4.69) is 10.0 Å². The average molecular weight is 508 g/mol. The summed E-state index contributed by atoms with van der Waals surface area (Å²) >= 11 is 0. The Morgan fingerprint density at radius 2 is 1.75 bits per heavy atom. The first-order valence-corrected chi connectivity index (χ1v) is 13.2. The molecule has 0 radical (unpaired) electrons. The molecule has 9 nitrogen and oxygen atoms in total. The molecule has 0 bridgehead atoms. The van der Waals surface area contributed by atoms with Crippen LogP contribution >= 0.6 is 0 Å². The highest BCUT2D eigenvalue weighted by molar-refractivity contribution is 7.89. The molecular weight excluding hydrogens is 478 g/mol. The molecule has 0 saturated carbocycles. The second kappa shape index (κ2) is 10.9. The Hall–Kier alpha value is -3.76. The summed E-state index contributed by atoms with van der Waals surface area (Å²) in [5.41, 5.74) is 6.88. The largest absolute Gasteiger partial charge is 0.384 e. The number of amides is 2. The molecule has 1 aliphatic rings. The lowest BCUT2D eigenvalue weighted by Crippen LogP contribution is -2.49. The first kappa shape index (κ1) is 25.3. The topological polar surface area (TPSA) is 145 Å². The van der Waals surface area contributed by atoms with Crippen molar-refractivity contribution in [3.05, 3.63) is 77.9 Å². The molecule has 0 aliphatic carbocycles. The number of nitrogens with zero attached hydrogens (tertiary/aromatic N) is 1. The number of hydrogen-bond acceptors (Lipinski definition) is 5. The van der Waals surface area contributed by atoms with E-state index in [1.165, 1.54) is 11.0 Å².